The van der Waals surface area contributed by atoms with Crippen LogP contribution in [0.2, 0.25) is 0 Å². The molecule has 0 aliphatic heterocycles. The Balaban J connectivity index is 2.65. The fourth-order valence-corrected chi connectivity index (χ4v) is 1.98. The number of rotatable bonds is 3. The maximum absolute atomic E-state index is 13.0. The summed E-state index contributed by atoms with van der Waals surface area (Å²) < 4.78 is 39.1. The number of aliphatic carboxylic acids is 1. The standard InChI is InChI=1S/C12H10F3NO3/c13-12(14,15)11(19,5-10(17)18)8-6-16-9-4-2-1-3-7(8)9/h1-4,6,16,19H,5H2,(H,17,18). The van der Waals surface area contributed by atoms with Crippen molar-refractivity contribution >= 4 is 16.9 Å². The van der Waals surface area contributed by atoms with Gasteiger partial charge in [-0.1, -0.05) is 18.2 Å². The van der Waals surface area contributed by atoms with Crippen LogP contribution in [0.1, 0.15) is 12.0 Å². The fraction of sp³-hybridized carbons (Fsp3) is 0.250. The summed E-state index contributed by atoms with van der Waals surface area (Å²) in [5.41, 5.74) is -3.51. The monoisotopic (exact) mass is 273 g/mol. The Bertz CT molecular complexity index is 620. The summed E-state index contributed by atoms with van der Waals surface area (Å²) in [5, 5.41) is 18.6. The van der Waals surface area contributed by atoms with Crippen molar-refractivity contribution in [3.8, 4) is 0 Å². The Labute approximate surface area is 105 Å². The van der Waals surface area contributed by atoms with Crippen molar-refractivity contribution in [1.29, 1.82) is 0 Å². The molecule has 0 amide bonds. The highest BCUT2D eigenvalue weighted by atomic mass is 19.4. The predicted molar refractivity (Wildman–Crippen MR) is 60.5 cm³/mol. The molecule has 1 heterocycles. The number of carboxylic acid groups (broad SMARTS) is 1. The minimum atomic E-state index is -5.09. The van der Waals surface area contributed by atoms with Gasteiger partial charge in [-0.05, 0) is 6.07 Å². The zero-order chi connectivity index (χ0) is 14.3. The van der Waals surface area contributed by atoms with Crippen LogP contribution >= 0.6 is 0 Å². The molecule has 3 N–H and O–H groups in total. The molecule has 2 rings (SSSR count). The van der Waals surface area contributed by atoms with Gasteiger partial charge in [-0.2, -0.15) is 13.2 Å². The lowest BCUT2D eigenvalue weighted by atomic mass is 9.89. The SMILES string of the molecule is O=C(O)CC(O)(c1c[nH]c2ccccc12)C(F)(F)F. The van der Waals surface area contributed by atoms with Crippen LogP contribution in [0.25, 0.3) is 10.9 Å². The molecule has 2 aromatic rings. The van der Waals surface area contributed by atoms with E-state index in [0.717, 1.165) is 6.20 Å². The van der Waals surface area contributed by atoms with Crippen LogP contribution in [0, 0.1) is 0 Å². The van der Waals surface area contributed by atoms with Crippen molar-refractivity contribution in [2.45, 2.75) is 18.2 Å². The van der Waals surface area contributed by atoms with Crippen molar-refractivity contribution in [3.05, 3.63) is 36.0 Å². The second kappa shape index (κ2) is 4.27. The molecular weight excluding hydrogens is 263 g/mol. The smallest absolute Gasteiger partial charge is 0.422 e. The second-order valence-electron chi connectivity index (χ2n) is 4.18. The average Bonchev–Trinajstić information content (AvgIpc) is 2.70. The number of hydrogen-bond donors (Lipinski definition) is 3. The topological polar surface area (TPSA) is 73.3 Å². The van der Waals surface area contributed by atoms with Gasteiger partial charge < -0.3 is 15.2 Å². The van der Waals surface area contributed by atoms with Gasteiger partial charge in [0.1, 0.15) is 0 Å². The number of halogens is 3. The molecule has 1 atom stereocenters. The van der Waals surface area contributed by atoms with Crippen LogP contribution in [0.4, 0.5) is 13.2 Å². The number of H-pyrrole nitrogens is 1. The van der Waals surface area contributed by atoms with Crippen LogP contribution < -0.4 is 0 Å². The van der Waals surface area contributed by atoms with Crippen LogP contribution in [-0.4, -0.2) is 27.3 Å². The van der Waals surface area contributed by atoms with Crippen molar-refractivity contribution in [1.82, 2.24) is 4.98 Å². The molecular formula is C12H10F3NO3. The Morgan fingerprint density at radius 3 is 2.47 bits per heavy atom. The minimum Gasteiger partial charge on any atom is -0.481 e. The molecule has 19 heavy (non-hydrogen) atoms. The number of benzene rings is 1. The Kier molecular flexibility index (Phi) is 3.01. The zero-order valence-corrected chi connectivity index (χ0v) is 9.53. The molecule has 1 aromatic carbocycles. The van der Waals surface area contributed by atoms with Crippen molar-refractivity contribution in [2.75, 3.05) is 0 Å². The predicted octanol–water partition coefficient (Wildman–Crippen LogP) is 2.39. The van der Waals surface area contributed by atoms with Crippen molar-refractivity contribution in [2.24, 2.45) is 0 Å². The quantitative estimate of drug-likeness (QED) is 0.804. The normalized spacial score (nSPS) is 15.4. The van der Waals surface area contributed by atoms with Gasteiger partial charge in [0, 0.05) is 22.7 Å². The van der Waals surface area contributed by atoms with E-state index in [0.29, 0.717) is 5.52 Å². The first kappa shape index (κ1) is 13.4. The molecule has 1 aromatic heterocycles. The van der Waals surface area contributed by atoms with Gasteiger partial charge in [0.25, 0.3) is 0 Å². The Hall–Kier alpha value is -2.02. The summed E-state index contributed by atoms with van der Waals surface area (Å²) in [5.74, 6) is -1.73. The molecule has 102 valence electrons. The molecule has 0 radical (unpaired) electrons. The van der Waals surface area contributed by atoms with Gasteiger partial charge in [-0.15, -0.1) is 0 Å². The minimum absolute atomic E-state index is 0.142. The lowest BCUT2D eigenvalue weighted by Crippen LogP contribution is -2.44. The number of hydrogen-bond acceptors (Lipinski definition) is 2. The van der Waals surface area contributed by atoms with E-state index in [4.69, 9.17) is 5.11 Å². The second-order valence-corrected chi connectivity index (χ2v) is 4.18. The summed E-state index contributed by atoms with van der Waals surface area (Å²) in [6.45, 7) is 0. The van der Waals surface area contributed by atoms with E-state index in [1.165, 1.54) is 18.2 Å². The maximum atomic E-state index is 13.0. The summed E-state index contributed by atoms with van der Waals surface area (Å²) in [6, 6.07) is 6.06. The number of aromatic amines is 1. The highest BCUT2D eigenvalue weighted by molar-refractivity contribution is 5.85. The zero-order valence-electron chi connectivity index (χ0n) is 9.53. The summed E-state index contributed by atoms with van der Waals surface area (Å²) in [4.78, 5) is 13.2. The fourth-order valence-electron chi connectivity index (χ4n) is 1.98. The molecule has 0 bridgehead atoms. The largest absolute Gasteiger partial charge is 0.481 e. The highest BCUT2D eigenvalue weighted by Crippen LogP contribution is 2.44. The molecule has 1 unspecified atom stereocenters. The molecule has 7 heteroatoms. The third kappa shape index (κ3) is 2.17. The first-order chi connectivity index (χ1) is 8.75. The van der Waals surface area contributed by atoms with E-state index in [1.54, 1.807) is 6.07 Å². The van der Waals surface area contributed by atoms with Crippen LogP contribution in [-0.2, 0) is 10.4 Å². The van der Waals surface area contributed by atoms with Crippen molar-refractivity contribution < 1.29 is 28.2 Å². The van der Waals surface area contributed by atoms with Gasteiger partial charge in [0.15, 0.2) is 5.60 Å². The number of para-hydroxylation sites is 1. The number of aromatic nitrogens is 1. The van der Waals surface area contributed by atoms with Gasteiger partial charge >= 0.3 is 12.1 Å². The summed E-state index contributed by atoms with van der Waals surface area (Å²) in [6.07, 6.45) is -5.55. The van der Waals surface area contributed by atoms with Crippen molar-refractivity contribution in [3.63, 3.8) is 0 Å². The van der Waals surface area contributed by atoms with Gasteiger partial charge in [0.2, 0.25) is 0 Å². The molecule has 0 aliphatic rings. The molecule has 4 nitrogen and oxygen atoms in total. The number of aliphatic hydroxyl groups is 1. The lowest BCUT2D eigenvalue weighted by molar-refractivity contribution is -0.268. The van der Waals surface area contributed by atoms with E-state index in [1.807, 2.05) is 0 Å². The maximum Gasteiger partial charge on any atom is 0.422 e. The van der Waals surface area contributed by atoms with E-state index in [9.17, 15) is 23.1 Å². The van der Waals surface area contributed by atoms with Crippen LogP contribution in [0.15, 0.2) is 30.5 Å². The Morgan fingerprint density at radius 2 is 1.89 bits per heavy atom. The molecule has 0 aliphatic carbocycles. The van der Waals surface area contributed by atoms with Gasteiger partial charge in [-0.25, -0.2) is 0 Å². The summed E-state index contributed by atoms with van der Waals surface area (Å²) in [7, 11) is 0. The molecule has 0 spiro atoms. The van der Waals surface area contributed by atoms with Crippen LogP contribution in [0.3, 0.4) is 0 Å². The molecule has 0 saturated carbocycles. The van der Waals surface area contributed by atoms with E-state index < -0.39 is 29.7 Å². The van der Waals surface area contributed by atoms with Crippen LogP contribution in [0.5, 0.6) is 0 Å². The van der Waals surface area contributed by atoms with E-state index >= 15 is 0 Å². The number of fused-ring (bicyclic) bond motifs is 1. The lowest BCUT2D eigenvalue weighted by Gasteiger charge is -2.28. The number of alkyl halides is 3. The summed E-state index contributed by atoms with van der Waals surface area (Å²) >= 11 is 0. The van der Waals surface area contributed by atoms with Gasteiger partial charge in [-0.3, -0.25) is 4.79 Å². The highest BCUT2D eigenvalue weighted by Gasteiger charge is 2.57. The first-order valence-corrected chi connectivity index (χ1v) is 5.33. The first-order valence-electron chi connectivity index (χ1n) is 5.33. The Morgan fingerprint density at radius 1 is 1.26 bits per heavy atom. The van der Waals surface area contributed by atoms with E-state index in [-0.39, 0.29) is 5.39 Å². The molecule has 0 fully saturated rings. The van der Waals surface area contributed by atoms with E-state index in [2.05, 4.69) is 4.98 Å². The molecule has 0 saturated heterocycles. The van der Waals surface area contributed by atoms with Gasteiger partial charge in [0.05, 0.1) is 6.42 Å². The third-order valence-corrected chi connectivity index (χ3v) is 2.91. The third-order valence-electron chi connectivity index (χ3n) is 2.91. The number of carboxylic acids is 1. The number of nitrogens with one attached hydrogen (secondary N) is 1. The average molecular weight is 273 g/mol. The number of carbonyl (C=O) groups is 1.